The van der Waals surface area contributed by atoms with Crippen LogP contribution in [0.2, 0.25) is 0 Å². The van der Waals surface area contributed by atoms with E-state index in [1.54, 1.807) is 12.1 Å². The monoisotopic (exact) mass is 412 g/mol. The Bertz CT molecular complexity index is 939. The molecule has 5 rings (SSSR count). The van der Waals surface area contributed by atoms with Gasteiger partial charge in [0.25, 0.3) is 11.8 Å². The van der Waals surface area contributed by atoms with Crippen LogP contribution in [0, 0.1) is 0 Å². The molecule has 1 aromatic carbocycles. The van der Waals surface area contributed by atoms with Crippen LogP contribution in [-0.2, 0) is 20.9 Å². The fourth-order valence-electron chi connectivity index (χ4n) is 4.91. The predicted octanol–water partition coefficient (Wildman–Crippen LogP) is -0.348. The Labute approximate surface area is 173 Å². The van der Waals surface area contributed by atoms with Crippen LogP contribution in [0.5, 0.6) is 0 Å². The molecule has 158 valence electrons. The molecule has 0 radical (unpaired) electrons. The van der Waals surface area contributed by atoms with E-state index in [1.165, 1.54) is 0 Å². The second-order valence-corrected chi connectivity index (χ2v) is 8.50. The number of carbonyl (C=O) groups is 4. The first kappa shape index (κ1) is 19.3. The number of nitrogens with zero attached hydrogens (tertiary/aromatic N) is 2. The van der Waals surface area contributed by atoms with Gasteiger partial charge in [-0.05, 0) is 37.1 Å². The van der Waals surface area contributed by atoms with Crippen LogP contribution in [0.4, 0.5) is 0 Å². The lowest BCUT2D eigenvalue weighted by Crippen LogP contribution is -2.54. The van der Waals surface area contributed by atoms with Gasteiger partial charge in [0.05, 0.1) is 23.3 Å². The summed E-state index contributed by atoms with van der Waals surface area (Å²) in [6, 6.07) is 4.36. The first-order valence-corrected chi connectivity index (χ1v) is 10.4. The maximum absolute atomic E-state index is 13.0. The number of fused-ring (bicyclic) bond motifs is 1. The minimum atomic E-state index is -0.937. The summed E-state index contributed by atoms with van der Waals surface area (Å²) in [5.41, 5.74) is 1.45. The molecule has 2 N–H and O–H groups in total. The summed E-state index contributed by atoms with van der Waals surface area (Å²) in [7, 11) is 0. The van der Waals surface area contributed by atoms with E-state index in [1.807, 2.05) is 6.07 Å². The number of carbonyl (C=O) groups excluding carboxylic acids is 4. The van der Waals surface area contributed by atoms with E-state index in [0.29, 0.717) is 24.3 Å². The molecule has 0 bridgehead atoms. The zero-order chi connectivity index (χ0) is 20.9. The number of rotatable bonds is 3. The molecule has 2 unspecified atom stereocenters. The van der Waals surface area contributed by atoms with E-state index in [2.05, 4.69) is 15.5 Å². The van der Waals surface area contributed by atoms with Gasteiger partial charge < -0.3 is 10.1 Å². The van der Waals surface area contributed by atoms with Gasteiger partial charge in [0.1, 0.15) is 6.04 Å². The number of hydrogen-bond donors (Lipinski definition) is 2. The Morgan fingerprint density at radius 3 is 2.73 bits per heavy atom. The van der Waals surface area contributed by atoms with E-state index in [4.69, 9.17) is 4.74 Å². The van der Waals surface area contributed by atoms with Crippen LogP contribution >= 0.6 is 0 Å². The number of ether oxygens (including phenoxy) is 1. The van der Waals surface area contributed by atoms with Gasteiger partial charge >= 0.3 is 0 Å². The summed E-state index contributed by atoms with van der Waals surface area (Å²) in [6.07, 6.45) is 1.26. The molecule has 0 aliphatic carbocycles. The largest absolute Gasteiger partial charge is 0.371 e. The lowest BCUT2D eigenvalue weighted by atomic mass is 9.99. The zero-order valence-corrected chi connectivity index (χ0v) is 16.6. The standard InChI is InChI=1S/C21H24N4O5/c26-17-4-3-16(18(27)23-17)25-19(28)14-2-1-13(9-15(14)20(25)29)10-24-7-8-30-21(12-24)5-6-22-11-21/h1-2,9,16,22H,3-8,10-12H2,(H,23,26,27). The van der Waals surface area contributed by atoms with Gasteiger partial charge in [-0.1, -0.05) is 6.07 Å². The molecule has 9 heteroatoms. The fraction of sp³-hybridized carbons (Fsp3) is 0.524. The van der Waals surface area contributed by atoms with E-state index in [-0.39, 0.29) is 24.3 Å². The molecular formula is C21H24N4O5. The summed E-state index contributed by atoms with van der Waals surface area (Å²) >= 11 is 0. The third-order valence-electron chi connectivity index (χ3n) is 6.44. The Morgan fingerprint density at radius 1 is 1.13 bits per heavy atom. The lowest BCUT2D eigenvalue weighted by molar-refractivity contribution is -0.136. The molecule has 3 saturated heterocycles. The second-order valence-electron chi connectivity index (χ2n) is 8.50. The van der Waals surface area contributed by atoms with Crippen LogP contribution in [0.1, 0.15) is 45.5 Å². The van der Waals surface area contributed by atoms with Crippen molar-refractivity contribution in [2.45, 2.75) is 37.5 Å². The highest BCUT2D eigenvalue weighted by atomic mass is 16.5. The van der Waals surface area contributed by atoms with Gasteiger partial charge in [-0.25, -0.2) is 0 Å². The maximum Gasteiger partial charge on any atom is 0.262 e. The topological polar surface area (TPSA) is 108 Å². The minimum Gasteiger partial charge on any atom is -0.371 e. The van der Waals surface area contributed by atoms with Gasteiger partial charge in [-0.15, -0.1) is 0 Å². The molecule has 1 spiro atoms. The minimum absolute atomic E-state index is 0.114. The van der Waals surface area contributed by atoms with E-state index < -0.39 is 23.8 Å². The molecule has 4 heterocycles. The number of nitrogens with one attached hydrogen (secondary N) is 2. The molecule has 4 amide bonds. The molecule has 30 heavy (non-hydrogen) atoms. The molecule has 1 aromatic rings. The van der Waals surface area contributed by atoms with Gasteiger partial charge in [-0.2, -0.15) is 0 Å². The zero-order valence-electron chi connectivity index (χ0n) is 16.6. The second kappa shape index (κ2) is 7.26. The van der Waals surface area contributed by atoms with Gasteiger partial charge in [-0.3, -0.25) is 34.3 Å². The average Bonchev–Trinajstić information content (AvgIpc) is 3.25. The van der Waals surface area contributed by atoms with Crippen molar-refractivity contribution in [3.63, 3.8) is 0 Å². The van der Waals surface area contributed by atoms with Crippen molar-refractivity contribution in [1.29, 1.82) is 0 Å². The molecular weight excluding hydrogens is 388 g/mol. The van der Waals surface area contributed by atoms with Gasteiger partial charge in [0.2, 0.25) is 11.8 Å². The molecule has 4 aliphatic heterocycles. The van der Waals surface area contributed by atoms with Crippen molar-refractivity contribution >= 4 is 23.6 Å². The van der Waals surface area contributed by atoms with Crippen molar-refractivity contribution < 1.29 is 23.9 Å². The maximum atomic E-state index is 13.0. The third kappa shape index (κ3) is 3.23. The summed E-state index contributed by atoms with van der Waals surface area (Å²) in [5.74, 6) is -1.91. The van der Waals surface area contributed by atoms with Crippen LogP contribution in [0.15, 0.2) is 18.2 Å². The fourth-order valence-corrected chi connectivity index (χ4v) is 4.91. The highest BCUT2D eigenvalue weighted by Crippen LogP contribution is 2.30. The smallest absolute Gasteiger partial charge is 0.262 e. The van der Waals surface area contributed by atoms with Crippen LogP contribution in [0.25, 0.3) is 0 Å². The van der Waals surface area contributed by atoms with Crippen LogP contribution in [0.3, 0.4) is 0 Å². The van der Waals surface area contributed by atoms with Gasteiger partial charge in [0.15, 0.2) is 0 Å². The van der Waals surface area contributed by atoms with E-state index >= 15 is 0 Å². The molecule has 3 fully saturated rings. The Hall–Kier alpha value is -2.62. The molecule has 2 atom stereocenters. The summed E-state index contributed by atoms with van der Waals surface area (Å²) in [6.45, 7) is 4.78. The average molecular weight is 412 g/mol. The molecule has 9 nitrogen and oxygen atoms in total. The first-order chi connectivity index (χ1) is 14.5. The van der Waals surface area contributed by atoms with Crippen molar-refractivity contribution in [3.05, 3.63) is 34.9 Å². The SMILES string of the molecule is O=C1CCC(N2C(=O)c3ccc(CN4CCOC5(CCNC5)C4)cc3C2=O)C(=O)N1. The highest BCUT2D eigenvalue weighted by Gasteiger charge is 2.45. The van der Waals surface area contributed by atoms with E-state index in [9.17, 15) is 19.2 Å². The van der Waals surface area contributed by atoms with Crippen LogP contribution in [-0.4, -0.2) is 77.9 Å². The number of benzene rings is 1. The summed E-state index contributed by atoms with van der Waals surface area (Å²) in [5, 5.41) is 5.58. The van der Waals surface area contributed by atoms with Crippen molar-refractivity contribution in [3.8, 4) is 0 Å². The number of piperidine rings is 1. The molecule has 0 saturated carbocycles. The number of morpholine rings is 1. The van der Waals surface area contributed by atoms with E-state index in [0.717, 1.165) is 43.1 Å². The molecule has 4 aliphatic rings. The summed E-state index contributed by atoms with van der Waals surface area (Å²) in [4.78, 5) is 52.7. The first-order valence-electron chi connectivity index (χ1n) is 10.4. The quantitative estimate of drug-likeness (QED) is 0.654. The van der Waals surface area contributed by atoms with Crippen molar-refractivity contribution in [1.82, 2.24) is 20.4 Å². The number of imide groups is 2. The van der Waals surface area contributed by atoms with Crippen molar-refractivity contribution in [2.75, 3.05) is 32.8 Å². The van der Waals surface area contributed by atoms with Crippen LogP contribution < -0.4 is 10.6 Å². The summed E-state index contributed by atoms with van der Waals surface area (Å²) < 4.78 is 6.03. The normalized spacial score (nSPS) is 29.6. The van der Waals surface area contributed by atoms with Crippen molar-refractivity contribution in [2.24, 2.45) is 0 Å². The number of amides is 4. The highest BCUT2D eigenvalue weighted by molar-refractivity contribution is 6.23. The Balaban J connectivity index is 1.33. The predicted molar refractivity (Wildman–Crippen MR) is 105 cm³/mol. The number of hydrogen-bond acceptors (Lipinski definition) is 7. The third-order valence-corrected chi connectivity index (χ3v) is 6.44. The lowest BCUT2D eigenvalue weighted by Gasteiger charge is -2.40. The Morgan fingerprint density at radius 2 is 1.97 bits per heavy atom. The Kier molecular flexibility index (Phi) is 4.68. The molecule has 0 aromatic heterocycles. The van der Waals surface area contributed by atoms with Gasteiger partial charge in [0, 0.05) is 32.6 Å².